The van der Waals surface area contributed by atoms with Crippen molar-refractivity contribution in [2.45, 2.75) is 24.2 Å². The van der Waals surface area contributed by atoms with Crippen LogP contribution in [0.3, 0.4) is 0 Å². The van der Waals surface area contributed by atoms with Gasteiger partial charge in [-0.3, -0.25) is 4.79 Å². The van der Waals surface area contributed by atoms with Gasteiger partial charge in [0.05, 0.1) is 5.69 Å². The van der Waals surface area contributed by atoms with Gasteiger partial charge in [0, 0.05) is 5.92 Å². The number of para-hydroxylation sites is 1. The zero-order valence-corrected chi connectivity index (χ0v) is 11.0. The van der Waals surface area contributed by atoms with Gasteiger partial charge in [-0.1, -0.05) is 24.3 Å². The molecule has 1 unspecified atom stereocenters. The van der Waals surface area contributed by atoms with E-state index in [1.165, 1.54) is 12.1 Å². The average molecular weight is 283 g/mol. The summed E-state index contributed by atoms with van der Waals surface area (Å²) in [5.41, 5.74) is -0.00967. The number of benzene rings is 1. The van der Waals surface area contributed by atoms with Gasteiger partial charge in [-0.2, -0.15) is 8.42 Å². The van der Waals surface area contributed by atoms with E-state index in [1.54, 1.807) is 6.07 Å². The average Bonchev–Trinajstić information content (AvgIpc) is 2.39. The van der Waals surface area contributed by atoms with Crippen LogP contribution in [0.2, 0.25) is 0 Å². The quantitative estimate of drug-likeness (QED) is 0.685. The van der Waals surface area contributed by atoms with Crippen LogP contribution in [0.15, 0.2) is 41.3 Å². The second-order valence-electron chi connectivity index (χ2n) is 4.40. The number of amides is 1. The van der Waals surface area contributed by atoms with Gasteiger partial charge >= 0.3 is 10.2 Å². The second kappa shape index (κ2) is 5.52. The lowest BCUT2D eigenvalue weighted by atomic mass is 9.93. The lowest BCUT2D eigenvalue weighted by Crippen LogP contribution is -2.24. The van der Waals surface area contributed by atoms with Gasteiger partial charge in [0.15, 0.2) is 0 Å². The van der Waals surface area contributed by atoms with Gasteiger partial charge in [-0.05, 0) is 31.4 Å². The summed E-state index contributed by atoms with van der Waals surface area (Å²) in [6, 6.07) is 5.46. The highest BCUT2D eigenvalue weighted by atomic mass is 32.3. The molecule has 0 radical (unpaired) electrons. The number of rotatable bonds is 3. The van der Waals surface area contributed by atoms with Gasteiger partial charge in [-0.15, -0.1) is 3.89 Å². The number of anilines is 1. The van der Waals surface area contributed by atoms with E-state index in [1.807, 2.05) is 12.2 Å². The molecule has 2 rings (SSSR count). The van der Waals surface area contributed by atoms with E-state index in [0.717, 1.165) is 12.5 Å². The molecule has 1 aromatic rings. The van der Waals surface area contributed by atoms with Gasteiger partial charge in [0.1, 0.15) is 4.90 Å². The van der Waals surface area contributed by atoms with Gasteiger partial charge in [0.25, 0.3) is 0 Å². The number of nitrogens with one attached hydrogen (secondary N) is 1. The van der Waals surface area contributed by atoms with Crippen LogP contribution in [0, 0.1) is 5.92 Å². The number of carbonyl (C=O) groups excluding carboxylic acids is 1. The highest BCUT2D eigenvalue weighted by Gasteiger charge is 2.22. The first-order chi connectivity index (χ1) is 8.98. The summed E-state index contributed by atoms with van der Waals surface area (Å²) in [7, 11) is -4.84. The molecule has 19 heavy (non-hydrogen) atoms. The fourth-order valence-corrected chi connectivity index (χ4v) is 2.67. The molecule has 1 amide bonds. The van der Waals surface area contributed by atoms with E-state index >= 15 is 0 Å². The van der Waals surface area contributed by atoms with Crippen molar-refractivity contribution in [1.82, 2.24) is 0 Å². The fraction of sp³-hybridized carbons (Fsp3) is 0.308. The van der Waals surface area contributed by atoms with Gasteiger partial charge < -0.3 is 5.32 Å². The summed E-state index contributed by atoms with van der Waals surface area (Å²) < 4.78 is 35.0. The third-order valence-electron chi connectivity index (χ3n) is 3.05. The SMILES string of the molecule is O=C(Nc1ccccc1S(=O)(=O)F)C1CC=CCC1. The van der Waals surface area contributed by atoms with Crippen molar-refractivity contribution < 1.29 is 17.1 Å². The molecule has 1 aliphatic carbocycles. The van der Waals surface area contributed by atoms with Crippen molar-refractivity contribution in [3.63, 3.8) is 0 Å². The number of carbonyl (C=O) groups is 1. The molecule has 1 N–H and O–H groups in total. The number of hydrogen-bond donors (Lipinski definition) is 1. The molecule has 0 aliphatic heterocycles. The summed E-state index contributed by atoms with van der Waals surface area (Å²) in [5, 5.41) is 2.49. The van der Waals surface area contributed by atoms with Crippen molar-refractivity contribution >= 4 is 21.8 Å². The van der Waals surface area contributed by atoms with Crippen molar-refractivity contribution in [2.24, 2.45) is 5.92 Å². The van der Waals surface area contributed by atoms with Gasteiger partial charge in [-0.25, -0.2) is 0 Å². The minimum atomic E-state index is -4.84. The van der Waals surface area contributed by atoms with E-state index in [9.17, 15) is 17.1 Å². The molecule has 6 heteroatoms. The Morgan fingerprint density at radius 3 is 2.63 bits per heavy atom. The highest BCUT2D eigenvalue weighted by Crippen LogP contribution is 2.25. The Balaban J connectivity index is 2.19. The molecule has 1 aromatic carbocycles. The number of halogens is 1. The number of allylic oxidation sites excluding steroid dienone is 2. The van der Waals surface area contributed by atoms with Crippen molar-refractivity contribution in [1.29, 1.82) is 0 Å². The lowest BCUT2D eigenvalue weighted by molar-refractivity contribution is -0.120. The first kappa shape index (κ1) is 13.7. The predicted octanol–water partition coefficient (Wildman–Crippen LogP) is 2.64. The van der Waals surface area contributed by atoms with Crippen LogP contribution >= 0.6 is 0 Å². The highest BCUT2D eigenvalue weighted by molar-refractivity contribution is 7.86. The Kier molecular flexibility index (Phi) is 3.99. The topological polar surface area (TPSA) is 63.2 Å². The summed E-state index contributed by atoms with van der Waals surface area (Å²) in [6.07, 6.45) is 6.08. The third kappa shape index (κ3) is 3.41. The Labute approximate surface area is 111 Å². The molecule has 0 bridgehead atoms. The molecule has 0 heterocycles. The Hall–Kier alpha value is -1.69. The summed E-state index contributed by atoms with van der Waals surface area (Å²) in [4.78, 5) is 11.5. The van der Waals surface area contributed by atoms with Crippen LogP contribution < -0.4 is 5.32 Å². The maximum absolute atomic E-state index is 13.1. The van der Waals surface area contributed by atoms with Crippen LogP contribution in [0.1, 0.15) is 19.3 Å². The van der Waals surface area contributed by atoms with E-state index in [-0.39, 0.29) is 17.5 Å². The maximum Gasteiger partial charge on any atom is 0.334 e. The zero-order valence-electron chi connectivity index (χ0n) is 10.2. The lowest BCUT2D eigenvalue weighted by Gasteiger charge is -2.17. The van der Waals surface area contributed by atoms with Crippen LogP contribution in [0.4, 0.5) is 9.57 Å². The normalized spacial score (nSPS) is 19.1. The molecular formula is C13H14FNO3S. The minimum Gasteiger partial charge on any atom is -0.325 e. The van der Waals surface area contributed by atoms with Crippen LogP contribution in [-0.2, 0) is 15.0 Å². The van der Waals surface area contributed by atoms with Crippen molar-refractivity contribution in [3.8, 4) is 0 Å². The molecule has 4 nitrogen and oxygen atoms in total. The monoisotopic (exact) mass is 283 g/mol. The molecule has 0 saturated heterocycles. The Morgan fingerprint density at radius 1 is 1.26 bits per heavy atom. The van der Waals surface area contributed by atoms with Crippen LogP contribution in [-0.4, -0.2) is 14.3 Å². The molecule has 0 saturated carbocycles. The standard InChI is InChI=1S/C13H14FNO3S/c14-19(17,18)12-9-5-4-8-11(12)15-13(16)10-6-2-1-3-7-10/h1-2,4-5,8-10H,3,6-7H2,(H,15,16). The van der Waals surface area contributed by atoms with Crippen molar-refractivity contribution in [2.75, 3.05) is 5.32 Å². The smallest absolute Gasteiger partial charge is 0.325 e. The van der Waals surface area contributed by atoms with E-state index < -0.39 is 15.1 Å². The van der Waals surface area contributed by atoms with Crippen LogP contribution in [0.25, 0.3) is 0 Å². The fourth-order valence-electron chi connectivity index (χ4n) is 2.05. The summed E-state index contributed by atoms with van der Waals surface area (Å²) >= 11 is 0. The molecular weight excluding hydrogens is 269 g/mol. The largest absolute Gasteiger partial charge is 0.334 e. The molecule has 0 aromatic heterocycles. The Bertz CT molecular complexity index is 610. The van der Waals surface area contributed by atoms with Crippen molar-refractivity contribution in [3.05, 3.63) is 36.4 Å². The molecule has 0 fully saturated rings. The molecule has 102 valence electrons. The summed E-state index contributed by atoms with van der Waals surface area (Å²) in [6.45, 7) is 0. The van der Waals surface area contributed by atoms with E-state index in [0.29, 0.717) is 12.8 Å². The minimum absolute atomic E-state index is 0.00967. The first-order valence-corrected chi connectivity index (χ1v) is 7.36. The van der Waals surface area contributed by atoms with E-state index in [4.69, 9.17) is 0 Å². The zero-order chi connectivity index (χ0) is 13.9. The molecule has 1 atom stereocenters. The number of hydrogen-bond acceptors (Lipinski definition) is 3. The molecule has 0 spiro atoms. The first-order valence-electron chi connectivity index (χ1n) is 5.98. The third-order valence-corrected chi connectivity index (χ3v) is 3.93. The van der Waals surface area contributed by atoms with E-state index in [2.05, 4.69) is 5.32 Å². The maximum atomic E-state index is 13.1. The van der Waals surface area contributed by atoms with Crippen LogP contribution in [0.5, 0.6) is 0 Å². The predicted molar refractivity (Wildman–Crippen MR) is 69.8 cm³/mol. The second-order valence-corrected chi connectivity index (χ2v) is 5.72. The Morgan fingerprint density at radius 2 is 2.00 bits per heavy atom. The summed E-state index contributed by atoms with van der Waals surface area (Å²) in [5.74, 6) is -0.471. The van der Waals surface area contributed by atoms with Gasteiger partial charge in [0.2, 0.25) is 5.91 Å². The molecule has 1 aliphatic rings.